The van der Waals surface area contributed by atoms with E-state index in [0.29, 0.717) is 4.47 Å². The molecule has 0 saturated heterocycles. The van der Waals surface area contributed by atoms with Gasteiger partial charge in [0.1, 0.15) is 0 Å². The highest BCUT2D eigenvalue weighted by Gasteiger charge is 2.20. The smallest absolute Gasteiger partial charge is 0.264 e. The molecular formula is C10H16N2O3S. The van der Waals surface area contributed by atoms with Crippen molar-refractivity contribution in [3.63, 3.8) is 0 Å². The minimum Gasteiger partial charge on any atom is -0.378 e. The summed E-state index contributed by atoms with van der Waals surface area (Å²) >= 11 is 0. The van der Waals surface area contributed by atoms with Crippen LogP contribution in [0.15, 0.2) is 29.2 Å². The van der Waals surface area contributed by atoms with Gasteiger partial charge in [0.25, 0.3) is 10.0 Å². The van der Waals surface area contributed by atoms with Gasteiger partial charge >= 0.3 is 0 Å². The minimum atomic E-state index is -3.76. The monoisotopic (exact) mass is 244 g/mol. The van der Waals surface area contributed by atoms with E-state index < -0.39 is 10.0 Å². The predicted molar refractivity (Wildman–Crippen MR) is 62.1 cm³/mol. The van der Waals surface area contributed by atoms with E-state index in [-0.39, 0.29) is 11.4 Å². The van der Waals surface area contributed by atoms with E-state index in [1.807, 2.05) is 19.0 Å². The molecule has 0 aliphatic carbocycles. The lowest BCUT2D eigenvalue weighted by Gasteiger charge is -2.15. The van der Waals surface area contributed by atoms with E-state index >= 15 is 0 Å². The minimum absolute atomic E-state index is 0.0256. The van der Waals surface area contributed by atoms with E-state index in [1.165, 1.54) is 12.1 Å². The fraction of sp³-hybridized carbons (Fsp3) is 0.400. The van der Waals surface area contributed by atoms with Gasteiger partial charge in [0.05, 0.1) is 4.90 Å². The van der Waals surface area contributed by atoms with E-state index in [2.05, 4.69) is 0 Å². The number of hydrogen-bond donors (Lipinski definition) is 1. The van der Waals surface area contributed by atoms with Crippen LogP contribution in [0.2, 0.25) is 0 Å². The van der Waals surface area contributed by atoms with Crippen molar-refractivity contribution >= 4 is 15.7 Å². The quantitative estimate of drug-likeness (QED) is 0.807. The summed E-state index contributed by atoms with van der Waals surface area (Å²) in [6.45, 7) is 1.59. The molecule has 0 amide bonds. The molecule has 0 atom stereocenters. The zero-order valence-electron chi connectivity index (χ0n) is 9.58. The van der Waals surface area contributed by atoms with Gasteiger partial charge in [0.2, 0.25) is 0 Å². The van der Waals surface area contributed by atoms with Crippen LogP contribution in [-0.2, 0) is 10.0 Å². The third kappa shape index (κ3) is 2.52. The largest absolute Gasteiger partial charge is 0.378 e. The van der Waals surface area contributed by atoms with Gasteiger partial charge in [0, 0.05) is 26.3 Å². The molecule has 0 fully saturated rings. The molecule has 90 valence electrons. The summed E-state index contributed by atoms with van der Waals surface area (Å²) in [5, 5.41) is 9.25. The molecule has 0 saturated carbocycles. The lowest BCUT2D eigenvalue weighted by Crippen LogP contribution is -2.27. The number of hydroxylamine groups is 1. The number of sulfonamides is 1. The van der Waals surface area contributed by atoms with Crippen molar-refractivity contribution in [2.75, 3.05) is 25.5 Å². The molecular weight excluding hydrogens is 228 g/mol. The molecule has 16 heavy (non-hydrogen) atoms. The van der Waals surface area contributed by atoms with Gasteiger partial charge in [-0.1, -0.05) is 4.47 Å². The Balaban J connectivity index is 3.07. The third-order valence-corrected chi connectivity index (χ3v) is 3.88. The average Bonchev–Trinajstić information content (AvgIpc) is 2.28. The summed E-state index contributed by atoms with van der Waals surface area (Å²) in [4.78, 5) is 1.95. The molecule has 0 unspecified atom stereocenters. The number of benzene rings is 1. The van der Waals surface area contributed by atoms with Crippen LogP contribution in [0.25, 0.3) is 0 Å². The maximum absolute atomic E-state index is 11.7. The van der Waals surface area contributed by atoms with Crippen molar-refractivity contribution in [1.29, 1.82) is 0 Å². The summed E-state index contributed by atoms with van der Waals surface area (Å²) < 4.78 is 23.7. The third-order valence-electron chi connectivity index (χ3n) is 2.20. The summed E-state index contributed by atoms with van der Waals surface area (Å²) in [7, 11) is -0.0232. The van der Waals surface area contributed by atoms with Gasteiger partial charge in [-0.2, -0.15) is 0 Å². The van der Waals surface area contributed by atoms with Crippen molar-refractivity contribution in [3.8, 4) is 0 Å². The Kier molecular flexibility index (Phi) is 3.90. The van der Waals surface area contributed by atoms with Gasteiger partial charge in [-0.15, -0.1) is 0 Å². The molecule has 0 bridgehead atoms. The van der Waals surface area contributed by atoms with Crippen molar-refractivity contribution in [2.45, 2.75) is 11.8 Å². The normalized spacial score (nSPS) is 11.8. The van der Waals surface area contributed by atoms with E-state index in [9.17, 15) is 13.6 Å². The Bertz CT molecular complexity index is 440. The van der Waals surface area contributed by atoms with Crippen molar-refractivity contribution in [3.05, 3.63) is 24.3 Å². The predicted octanol–water partition coefficient (Wildman–Crippen LogP) is 1.15. The van der Waals surface area contributed by atoms with Gasteiger partial charge in [-0.05, 0) is 31.2 Å². The maximum Gasteiger partial charge on any atom is 0.264 e. The second-order valence-corrected chi connectivity index (χ2v) is 5.37. The second kappa shape index (κ2) is 4.82. The summed E-state index contributed by atoms with van der Waals surface area (Å²) in [6, 6.07) is 6.33. The SMILES string of the molecule is CCN(O)S(=O)(=O)c1ccc(N(C)C)cc1. The van der Waals surface area contributed by atoms with Gasteiger partial charge in [0.15, 0.2) is 0 Å². The molecule has 0 aromatic heterocycles. The van der Waals surface area contributed by atoms with Crippen molar-refractivity contribution < 1.29 is 13.6 Å². The van der Waals surface area contributed by atoms with E-state index in [1.54, 1.807) is 19.1 Å². The van der Waals surface area contributed by atoms with Crippen LogP contribution in [-0.4, -0.2) is 38.7 Å². The molecule has 0 aliphatic rings. The molecule has 1 aromatic carbocycles. The highest BCUT2D eigenvalue weighted by Crippen LogP contribution is 2.18. The average molecular weight is 244 g/mol. The maximum atomic E-state index is 11.7. The Labute approximate surface area is 95.9 Å². The van der Waals surface area contributed by atoms with Crippen LogP contribution >= 0.6 is 0 Å². The van der Waals surface area contributed by atoms with Crippen LogP contribution in [0.4, 0.5) is 5.69 Å². The summed E-state index contributed by atoms with van der Waals surface area (Å²) in [5.74, 6) is 0. The van der Waals surface area contributed by atoms with Crippen LogP contribution in [0, 0.1) is 0 Å². The first-order chi connectivity index (χ1) is 7.39. The zero-order chi connectivity index (χ0) is 12.3. The van der Waals surface area contributed by atoms with Crippen molar-refractivity contribution in [2.24, 2.45) is 0 Å². The first-order valence-electron chi connectivity index (χ1n) is 4.88. The molecule has 1 aromatic rings. The highest BCUT2D eigenvalue weighted by molar-refractivity contribution is 7.89. The van der Waals surface area contributed by atoms with E-state index in [0.717, 1.165) is 5.69 Å². The molecule has 1 rings (SSSR count). The fourth-order valence-corrected chi connectivity index (χ4v) is 2.27. The second-order valence-electron chi connectivity index (χ2n) is 3.53. The number of hydrogen-bond acceptors (Lipinski definition) is 4. The molecule has 6 heteroatoms. The Morgan fingerprint density at radius 2 is 1.69 bits per heavy atom. The first kappa shape index (κ1) is 13.0. The van der Waals surface area contributed by atoms with Crippen LogP contribution in [0.5, 0.6) is 0 Å². The van der Waals surface area contributed by atoms with Gasteiger partial charge < -0.3 is 4.90 Å². The molecule has 1 N–H and O–H groups in total. The molecule has 0 radical (unpaired) electrons. The lowest BCUT2D eigenvalue weighted by atomic mass is 10.3. The van der Waals surface area contributed by atoms with Crippen LogP contribution in [0.3, 0.4) is 0 Å². The highest BCUT2D eigenvalue weighted by atomic mass is 32.2. The van der Waals surface area contributed by atoms with Gasteiger partial charge in [-0.3, -0.25) is 5.21 Å². The zero-order valence-corrected chi connectivity index (χ0v) is 10.4. The van der Waals surface area contributed by atoms with Crippen LogP contribution < -0.4 is 4.90 Å². The fourth-order valence-electron chi connectivity index (χ4n) is 1.21. The van der Waals surface area contributed by atoms with Crippen molar-refractivity contribution in [1.82, 2.24) is 4.47 Å². The summed E-state index contributed by atoms with van der Waals surface area (Å²) in [5.41, 5.74) is 0.903. The number of nitrogens with zero attached hydrogens (tertiary/aromatic N) is 2. The van der Waals surface area contributed by atoms with E-state index in [4.69, 9.17) is 0 Å². The topological polar surface area (TPSA) is 60.9 Å². The van der Waals surface area contributed by atoms with Crippen LogP contribution in [0.1, 0.15) is 6.92 Å². The molecule has 0 aliphatic heterocycles. The summed E-state index contributed by atoms with van der Waals surface area (Å²) in [6.07, 6.45) is 0. The molecule has 5 nitrogen and oxygen atoms in total. The first-order valence-corrected chi connectivity index (χ1v) is 6.32. The standard InChI is InChI=1S/C10H16N2O3S/c1-4-12(13)16(14,15)10-7-5-9(6-8-10)11(2)3/h5-8,13H,4H2,1-3H3. The Morgan fingerprint density at radius 3 is 2.06 bits per heavy atom. The molecule has 0 spiro atoms. The Hall–Kier alpha value is -1.11. The molecule has 0 heterocycles. The number of rotatable bonds is 4. The Morgan fingerprint density at radius 1 is 1.19 bits per heavy atom. The van der Waals surface area contributed by atoms with Gasteiger partial charge in [-0.25, -0.2) is 8.42 Å². The lowest BCUT2D eigenvalue weighted by molar-refractivity contribution is 0.00858. The number of anilines is 1.